The topological polar surface area (TPSA) is 95.9 Å². The van der Waals surface area contributed by atoms with Gasteiger partial charge in [0.1, 0.15) is 11.5 Å². The first-order valence-electron chi connectivity index (χ1n) is 5.82. The summed E-state index contributed by atoms with van der Waals surface area (Å²) >= 11 is 0. The van der Waals surface area contributed by atoms with Crippen molar-refractivity contribution in [2.24, 2.45) is 0 Å². The van der Waals surface area contributed by atoms with Gasteiger partial charge < -0.3 is 20.3 Å². The Bertz CT molecular complexity index is 472. The number of hydrogen-bond acceptors (Lipinski definition) is 4. The molecule has 0 heterocycles. The lowest BCUT2D eigenvalue weighted by Gasteiger charge is -2.13. The van der Waals surface area contributed by atoms with Gasteiger partial charge in [0.25, 0.3) is 5.91 Å². The van der Waals surface area contributed by atoms with E-state index in [0.29, 0.717) is 11.3 Å². The fraction of sp³-hybridized carbons (Fsp3) is 0.385. The zero-order chi connectivity index (χ0) is 14.4. The smallest absolute Gasteiger partial charge is 0.305 e. The van der Waals surface area contributed by atoms with E-state index in [0.717, 1.165) is 0 Å². The molecule has 1 aromatic rings. The average molecular weight is 267 g/mol. The van der Waals surface area contributed by atoms with Crippen molar-refractivity contribution in [3.8, 4) is 11.5 Å². The molecule has 6 nitrogen and oxygen atoms in total. The van der Waals surface area contributed by atoms with E-state index in [4.69, 9.17) is 9.84 Å². The first kappa shape index (κ1) is 14.8. The third-order valence-corrected chi connectivity index (χ3v) is 2.50. The van der Waals surface area contributed by atoms with Crippen LogP contribution in [0.5, 0.6) is 11.5 Å². The highest BCUT2D eigenvalue weighted by atomic mass is 16.5. The third-order valence-electron chi connectivity index (χ3n) is 2.50. The van der Waals surface area contributed by atoms with Gasteiger partial charge in [-0.3, -0.25) is 9.59 Å². The summed E-state index contributed by atoms with van der Waals surface area (Å²) in [5.41, 5.74) is 0.550. The molecule has 0 saturated carbocycles. The van der Waals surface area contributed by atoms with Crippen LogP contribution in [0.4, 0.5) is 0 Å². The highest BCUT2D eigenvalue weighted by Crippen LogP contribution is 2.25. The lowest BCUT2D eigenvalue weighted by atomic mass is 10.2. The number of aliphatic carboxylic acids is 1. The second-order valence-electron chi connectivity index (χ2n) is 4.26. The van der Waals surface area contributed by atoms with Gasteiger partial charge in [-0.05, 0) is 26.0 Å². The zero-order valence-corrected chi connectivity index (χ0v) is 10.8. The Morgan fingerprint density at radius 1 is 1.42 bits per heavy atom. The molecule has 0 fully saturated rings. The van der Waals surface area contributed by atoms with Crippen LogP contribution in [0, 0.1) is 6.92 Å². The Hall–Kier alpha value is -2.24. The van der Waals surface area contributed by atoms with Gasteiger partial charge in [-0.2, -0.15) is 0 Å². The van der Waals surface area contributed by atoms with Gasteiger partial charge in [0, 0.05) is 11.6 Å². The molecule has 0 bridgehead atoms. The minimum atomic E-state index is -0.974. The van der Waals surface area contributed by atoms with E-state index in [-0.39, 0.29) is 18.8 Å². The van der Waals surface area contributed by atoms with Gasteiger partial charge in [-0.25, -0.2) is 0 Å². The van der Waals surface area contributed by atoms with Crippen LogP contribution in [0.3, 0.4) is 0 Å². The van der Waals surface area contributed by atoms with E-state index >= 15 is 0 Å². The summed E-state index contributed by atoms with van der Waals surface area (Å²) in [5, 5.41) is 20.5. The van der Waals surface area contributed by atoms with Gasteiger partial charge in [-0.15, -0.1) is 0 Å². The van der Waals surface area contributed by atoms with Crippen LogP contribution in [-0.2, 0) is 9.59 Å². The maximum Gasteiger partial charge on any atom is 0.305 e. The van der Waals surface area contributed by atoms with Crippen LogP contribution >= 0.6 is 0 Å². The Kier molecular flexibility index (Phi) is 5.17. The van der Waals surface area contributed by atoms with Crippen molar-refractivity contribution in [3.63, 3.8) is 0 Å². The largest absolute Gasteiger partial charge is 0.508 e. The molecule has 104 valence electrons. The van der Waals surface area contributed by atoms with Crippen LogP contribution in [0.2, 0.25) is 0 Å². The van der Waals surface area contributed by atoms with Crippen molar-refractivity contribution in [2.45, 2.75) is 26.3 Å². The maximum absolute atomic E-state index is 11.5. The zero-order valence-electron chi connectivity index (χ0n) is 10.8. The standard InChI is InChI=1S/C13H17NO5/c1-8(6-13(17)18)14-12(16)7-19-11-5-3-4-10(15)9(11)2/h3-5,8,15H,6-7H2,1-2H3,(H,14,16)(H,17,18). The van der Waals surface area contributed by atoms with Gasteiger partial charge in [-0.1, -0.05) is 6.07 Å². The molecule has 0 saturated heterocycles. The van der Waals surface area contributed by atoms with Crippen molar-refractivity contribution in [2.75, 3.05) is 6.61 Å². The van der Waals surface area contributed by atoms with E-state index in [1.54, 1.807) is 26.0 Å². The van der Waals surface area contributed by atoms with Gasteiger partial charge in [0.15, 0.2) is 6.61 Å². The number of rotatable bonds is 6. The minimum Gasteiger partial charge on any atom is -0.508 e. The quantitative estimate of drug-likeness (QED) is 0.716. The number of phenols is 1. The lowest BCUT2D eigenvalue weighted by molar-refractivity contribution is -0.137. The molecular weight excluding hydrogens is 250 g/mol. The van der Waals surface area contributed by atoms with Gasteiger partial charge in [0.2, 0.25) is 0 Å². The Morgan fingerprint density at radius 3 is 2.74 bits per heavy atom. The number of amides is 1. The number of benzene rings is 1. The van der Waals surface area contributed by atoms with Crippen molar-refractivity contribution in [3.05, 3.63) is 23.8 Å². The van der Waals surface area contributed by atoms with Crippen molar-refractivity contribution >= 4 is 11.9 Å². The molecule has 0 aliphatic heterocycles. The molecule has 0 aliphatic carbocycles. The summed E-state index contributed by atoms with van der Waals surface area (Å²) in [7, 11) is 0. The van der Waals surface area contributed by atoms with E-state index in [1.165, 1.54) is 6.07 Å². The number of carbonyl (C=O) groups excluding carboxylic acids is 1. The van der Waals surface area contributed by atoms with E-state index in [1.807, 2.05) is 0 Å². The van der Waals surface area contributed by atoms with Crippen molar-refractivity contribution in [1.82, 2.24) is 5.32 Å². The van der Waals surface area contributed by atoms with Crippen LogP contribution < -0.4 is 10.1 Å². The number of hydrogen-bond donors (Lipinski definition) is 3. The fourth-order valence-electron chi connectivity index (χ4n) is 1.53. The first-order valence-corrected chi connectivity index (χ1v) is 5.82. The summed E-state index contributed by atoms with van der Waals surface area (Å²) in [6.07, 6.45) is -0.142. The monoisotopic (exact) mass is 267 g/mol. The molecule has 0 aliphatic rings. The molecule has 1 unspecified atom stereocenters. The maximum atomic E-state index is 11.5. The highest BCUT2D eigenvalue weighted by molar-refractivity contribution is 5.78. The highest BCUT2D eigenvalue weighted by Gasteiger charge is 2.12. The van der Waals surface area contributed by atoms with Gasteiger partial charge >= 0.3 is 5.97 Å². The third kappa shape index (κ3) is 4.87. The Labute approximate surface area is 111 Å². The number of nitrogens with one attached hydrogen (secondary N) is 1. The number of phenolic OH excluding ortho intramolecular Hbond substituents is 1. The number of carbonyl (C=O) groups is 2. The molecule has 19 heavy (non-hydrogen) atoms. The summed E-state index contributed by atoms with van der Waals surface area (Å²) in [4.78, 5) is 22.0. The lowest BCUT2D eigenvalue weighted by Crippen LogP contribution is -2.37. The average Bonchev–Trinajstić information content (AvgIpc) is 2.30. The first-order chi connectivity index (χ1) is 8.90. The fourth-order valence-corrected chi connectivity index (χ4v) is 1.53. The second-order valence-corrected chi connectivity index (χ2v) is 4.26. The van der Waals surface area contributed by atoms with E-state index in [2.05, 4.69) is 5.32 Å². The molecule has 6 heteroatoms. The molecule has 0 radical (unpaired) electrons. The SMILES string of the molecule is Cc1c(O)cccc1OCC(=O)NC(C)CC(=O)O. The van der Waals surface area contributed by atoms with Crippen LogP contribution in [0.15, 0.2) is 18.2 Å². The molecule has 1 amide bonds. The molecule has 3 N–H and O–H groups in total. The van der Waals surface area contributed by atoms with Crippen molar-refractivity contribution < 1.29 is 24.5 Å². The molecule has 1 atom stereocenters. The van der Waals surface area contributed by atoms with Crippen LogP contribution in [0.1, 0.15) is 18.9 Å². The second kappa shape index (κ2) is 6.63. The molecule has 1 rings (SSSR count). The summed E-state index contributed by atoms with van der Waals surface area (Å²) in [5.74, 6) is -0.868. The Morgan fingerprint density at radius 2 is 2.11 bits per heavy atom. The van der Waals surface area contributed by atoms with Gasteiger partial charge in [0.05, 0.1) is 6.42 Å². The van der Waals surface area contributed by atoms with Crippen LogP contribution in [0.25, 0.3) is 0 Å². The summed E-state index contributed by atoms with van der Waals surface area (Å²) in [6, 6.07) is 4.32. The molecule has 0 spiro atoms. The number of carboxylic acids is 1. The molecule has 1 aromatic carbocycles. The Balaban J connectivity index is 2.46. The number of carboxylic acid groups (broad SMARTS) is 1. The minimum absolute atomic E-state index is 0.0946. The summed E-state index contributed by atoms with van der Waals surface area (Å²) < 4.78 is 5.27. The predicted molar refractivity (Wildman–Crippen MR) is 68.2 cm³/mol. The van der Waals surface area contributed by atoms with Crippen LogP contribution in [-0.4, -0.2) is 34.7 Å². The molecular formula is C13H17NO5. The molecule has 0 aromatic heterocycles. The van der Waals surface area contributed by atoms with E-state index < -0.39 is 17.9 Å². The predicted octanol–water partition coefficient (Wildman–Crippen LogP) is 1.06. The van der Waals surface area contributed by atoms with E-state index in [9.17, 15) is 14.7 Å². The number of ether oxygens (including phenoxy) is 1. The number of aromatic hydroxyl groups is 1. The normalized spacial score (nSPS) is 11.7. The summed E-state index contributed by atoms with van der Waals surface area (Å²) in [6.45, 7) is 3.05. The van der Waals surface area contributed by atoms with Crippen molar-refractivity contribution in [1.29, 1.82) is 0 Å².